The molecule has 1 N–H and O–H groups in total. The molecule has 21 heavy (non-hydrogen) atoms. The van der Waals surface area contributed by atoms with Gasteiger partial charge in [-0.05, 0) is 55.5 Å². The minimum Gasteiger partial charge on any atom is -0.496 e. The standard InChI is InChI=1S/C18H23NO2/c1-20-18-7-3-2-5-15(18)11-14(13-19-16-8-9-16)12-17-6-4-10-21-17/h2-7,10,14,16,19H,8-9,11-13H2,1H3. The third kappa shape index (κ3) is 4.11. The zero-order chi connectivity index (χ0) is 14.5. The van der Waals surface area contributed by atoms with Crippen LogP contribution in [0.2, 0.25) is 0 Å². The van der Waals surface area contributed by atoms with E-state index in [0.29, 0.717) is 5.92 Å². The molecule has 1 atom stereocenters. The Morgan fingerprint density at radius 2 is 2.05 bits per heavy atom. The lowest BCUT2D eigenvalue weighted by Gasteiger charge is -2.18. The minimum atomic E-state index is 0.521. The molecule has 1 fully saturated rings. The summed E-state index contributed by atoms with van der Waals surface area (Å²) in [4.78, 5) is 0. The van der Waals surface area contributed by atoms with Crippen molar-refractivity contribution in [3.8, 4) is 5.75 Å². The molecule has 112 valence electrons. The number of hydrogen-bond donors (Lipinski definition) is 1. The highest BCUT2D eigenvalue weighted by Gasteiger charge is 2.23. The van der Waals surface area contributed by atoms with E-state index in [1.165, 1.54) is 18.4 Å². The zero-order valence-corrected chi connectivity index (χ0v) is 12.5. The van der Waals surface area contributed by atoms with Crippen LogP contribution < -0.4 is 10.1 Å². The van der Waals surface area contributed by atoms with Crippen LogP contribution in [0.15, 0.2) is 47.1 Å². The van der Waals surface area contributed by atoms with Crippen molar-refractivity contribution < 1.29 is 9.15 Å². The first-order valence-corrected chi connectivity index (χ1v) is 7.73. The highest BCUT2D eigenvalue weighted by molar-refractivity contribution is 5.33. The van der Waals surface area contributed by atoms with Gasteiger partial charge in [0, 0.05) is 12.5 Å². The number of ether oxygens (including phenoxy) is 1. The predicted octanol–water partition coefficient (Wildman–Crippen LogP) is 3.44. The van der Waals surface area contributed by atoms with Crippen molar-refractivity contribution in [3.63, 3.8) is 0 Å². The van der Waals surface area contributed by atoms with Gasteiger partial charge in [0.25, 0.3) is 0 Å². The van der Waals surface area contributed by atoms with Gasteiger partial charge in [0.2, 0.25) is 0 Å². The Labute approximate surface area is 126 Å². The van der Waals surface area contributed by atoms with Crippen molar-refractivity contribution in [2.24, 2.45) is 5.92 Å². The SMILES string of the molecule is COc1ccccc1CC(CNC1CC1)Cc1ccco1. The van der Waals surface area contributed by atoms with Gasteiger partial charge in [-0.3, -0.25) is 0 Å². The van der Waals surface area contributed by atoms with Crippen LogP contribution in [0, 0.1) is 5.92 Å². The van der Waals surface area contributed by atoms with Gasteiger partial charge >= 0.3 is 0 Å². The number of para-hydroxylation sites is 1. The molecule has 0 bridgehead atoms. The van der Waals surface area contributed by atoms with E-state index in [1.807, 2.05) is 18.2 Å². The molecule has 1 saturated carbocycles. The van der Waals surface area contributed by atoms with E-state index < -0.39 is 0 Å². The first-order chi connectivity index (χ1) is 10.3. The number of benzene rings is 1. The molecule has 1 aliphatic rings. The topological polar surface area (TPSA) is 34.4 Å². The van der Waals surface area contributed by atoms with Gasteiger partial charge in [0.15, 0.2) is 0 Å². The summed E-state index contributed by atoms with van der Waals surface area (Å²) in [6.07, 6.45) is 6.36. The smallest absolute Gasteiger partial charge is 0.122 e. The summed E-state index contributed by atoms with van der Waals surface area (Å²) >= 11 is 0. The van der Waals surface area contributed by atoms with Crippen molar-refractivity contribution in [1.82, 2.24) is 5.32 Å². The normalized spacial score (nSPS) is 15.9. The Kier molecular flexibility index (Phi) is 4.61. The van der Waals surface area contributed by atoms with Crippen LogP contribution in [0.3, 0.4) is 0 Å². The first-order valence-electron chi connectivity index (χ1n) is 7.73. The molecule has 1 unspecified atom stereocenters. The Morgan fingerprint density at radius 1 is 1.19 bits per heavy atom. The van der Waals surface area contributed by atoms with E-state index in [2.05, 4.69) is 23.5 Å². The third-order valence-corrected chi connectivity index (χ3v) is 4.04. The summed E-state index contributed by atoms with van der Waals surface area (Å²) in [5.41, 5.74) is 1.27. The van der Waals surface area contributed by atoms with Gasteiger partial charge in [-0.1, -0.05) is 18.2 Å². The minimum absolute atomic E-state index is 0.521. The second-order valence-corrected chi connectivity index (χ2v) is 5.85. The molecule has 1 aliphatic carbocycles. The number of hydrogen-bond acceptors (Lipinski definition) is 3. The summed E-state index contributed by atoms with van der Waals surface area (Å²) in [6, 6.07) is 13.1. The van der Waals surface area contributed by atoms with E-state index >= 15 is 0 Å². The summed E-state index contributed by atoms with van der Waals surface area (Å²) in [5.74, 6) is 2.56. The van der Waals surface area contributed by atoms with E-state index in [-0.39, 0.29) is 0 Å². The Morgan fingerprint density at radius 3 is 2.76 bits per heavy atom. The molecule has 3 rings (SSSR count). The summed E-state index contributed by atoms with van der Waals surface area (Å²) < 4.78 is 11.0. The number of methoxy groups -OCH3 is 1. The van der Waals surface area contributed by atoms with Crippen LogP contribution in [0.25, 0.3) is 0 Å². The van der Waals surface area contributed by atoms with Crippen molar-refractivity contribution in [3.05, 3.63) is 54.0 Å². The number of furan rings is 1. The maximum atomic E-state index is 5.52. The van der Waals surface area contributed by atoms with Crippen molar-refractivity contribution in [2.45, 2.75) is 31.7 Å². The zero-order valence-electron chi connectivity index (χ0n) is 12.5. The molecule has 0 radical (unpaired) electrons. The second kappa shape index (κ2) is 6.81. The van der Waals surface area contributed by atoms with Crippen LogP contribution in [-0.4, -0.2) is 19.7 Å². The fourth-order valence-corrected chi connectivity index (χ4v) is 2.73. The maximum absolute atomic E-state index is 5.52. The lowest BCUT2D eigenvalue weighted by Crippen LogP contribution is -2.27. The molecule has 0 saturated heterocycles. The van der Waals surface area contributed by atoms with E-state index in [9.17, 15) is 0 Å². The molecule has 3 nitrogen and oxygen atoms in total. The fraction of sp³-hybridized carbons (Fsp3) is 0.444. The quantitative estimate of drug-likeness (QED) is 0.807. The highest BCUT2D eigenvalue weighted by Crippen LogP contribution is 2.24. The maximum Gasteiger partial charge on any atom is 0.122 e. The van der Waals surface area contributed by atoms with E-state index in [0.717, 1.165) is 36.9 Å². The molecular formula is C18H23NO2. The van der Waals surface area contributed by atoms with Crippen LogP contribution in [-0.2, 0) is 12.8 Å². The van der Waals surface area contributed by atoms with Crippen molar-refractivity contribution >= 4 is 0 Å². The van der Waals surface area contributed by atoms with Crippen LogP contribution in [0.1, 0.15) is 24.2 Å². The molecule has 3 heteroatoms. The largest absolute Gasteiger partial charge is 0.496 e. The van der Waals surface area contributed by atoms with Crippen LogP contribution in [0.5, 0.6) is 5.75 Å². The molecule has 2 aromatic rings. The Balaban J connectivity index is 1.67. The first kappa shape index (κ1) is 14.2. The Hall–Kier alpha value is -1.74. The monoisotopic (exact) mass is 285 g/mol. The van der Waals surface area contributed by atoms with Crippen LogP contribution >= 0.6 is 0 Å². The lowest BCUT2D eigenvalue weighted by atomic mass is 9.94. The van der Waals surface area contributed by atoms with Gasteiger partial charge < -0.3 is 14.5 Å². The number of nitrogens with one attached hydrogen (secondary N) is 1. The average molecular weight is 285 g/mol. The average Bonchev–Trinajstić information content (AvgIpc) is 3.21. The molecule has 1 aromatic heterocycles. The lowest BCUT2D eigenvalue weighted by molar-refractivity contribution is 0.389. The number of rotatable bonds is 8. The van der Waals surface area contributed by atoms with Gasteiger partial charge in [-0.2, -0.15) is 0 Å². The van der Waals surface area contributed by atoms with Crippen molar-refractivity contribution in [1.29, 1.82) is 0 Å². The second-order valence-electron chi connectivity index (χ2n) is 5.85. The predicted molar refractivity (Wildman–Crippen MR) is 83.6 cm³/mol. The summed E-state index contributed by atoms with van der Waals surface area (Å²) in [6.45, 7) is 1.03. The molecule has 0 spiro atoms. The van der Waals surface area contributed by atoms with Crippen LogP contribution in [0.4, 0.5) is 0 Å². The van der Waals surface area contributed by atoms with E-state index in [4.69, 9.17) is 9.15 Å². The fourth-order valence-electron chi connectivity index (χ4n) is 2.73. The van der Waals surface area contributed by atoms with Gasteiger partial charge in [0.1, 0.15) is 11.5 Å². The van der Waals surface area contributed by atoms with Gasteiger partial charge in [-0.25, -0.2) is 0 Å². The summed E-state index contributed by atoms with van der Waals surface area (Å²) in [7, 11) is 1.74. The van der Waals surface area contributed by atoms with Gasteiger partial charge in [-0.15, -0.1) is 0 Å². The van der Waals surface area contributed by atoms with E-state index in [1.54, 1.807) is 13.4 Å². The molecule has 0 aliphatic heterocycles. The molecule has 1 aromatic carbocycles. The molecule has 0 amide bonds. The molecular weight excluding hydrogens is 262 g/mol. The molecule has 1 heterocycles. The Bertz CT molecular complexity index is 546. The van der Waals surface area contributed by atoms with Crippen molar-refractivity contribution in [2.75, 3.05) is 13.7 Å². The third-order valence-electron chi connectivity index (χ3n) is 4.04. The summed E-state index contributed by atoms with van der Waals surface area (Å²) in [5, 5.41) is 3.64. The highest BCUT2D eigenvalue weighted by atomic mass is 16.5. The van der Waals surface area contributed by atoms with Gasteiger partial charge in [0.05, 0.1) is 13.4 Å².